The summed E-state index contributed by atoms with van der Waals surface area (Å²) in [4.78, 5) is 19.2. The zero-order valence-electron chi connectivity index (χ0n) is 9.32. The zero-order valence-corrected chi connectivity index (χ0v) is 9.32. The lowest BCUT2D eigenvalue weighted by atomic mass is 9.88. The minimum atomic E-state index is -0.828. The summed E-state index contributed by atoms with van der Waals surface area (Å²) in [5.74, 6) is -0.227. The van der Waals surface area contributed by atoms with Crippen molar-refractivity contribution in [3.63, 3.8) is 0 Å². The van der Waals surface area contributed by atoms with Crippen molar-refractivity contribution in [3.8, 4) is 0 Å². The smallest absolute Gasteiger partial charge is 0.304 e. The topological polar surface area (TPSA) is 63.1 Å². The number of aryl methyl sites for hydroxylation is 1. The third kappa shape index (κ3) is 3.01. The van der Waals surface area contributed by atoms with Gasteiger partial charge in [-0.2, -0.15) is 0 Å². The number of aromatic nitrogens is 2. The number of carbonyl (C=O) groups is 1. The van der Waals surface area contributed by atoms with Crippen LogP contribution in [0.25, 0.3) is 0 Å². The van der Waals surface area contributed by atoms with Gasteiger partial charge in [-0.05, 0) is 12.5 Å². The van der Waals surface area contributed by atoms with Gasteiger partial charge in [0.15, 0.2) is 0 Å². The van der Waals surface area contributed by atoms with E-state index in [0.29, 0.717) is 5.82 Å². The fourth-order valence-electron chi connectivity index (χ4n) is 1.38. The van der Waals surface area contributed by atoms with Gasteiger partial charge in [-0.25, -0.2) is 9.97 Å². The lowest BCUT2D eigenvalue weighted by Crippen LogP contribution is -2.24. The van der Waals surface area contributed by atoms with Gasteiger partial charge in [-0.15, -0.1) is 0 Å². The second-order valence-electron chi connectivity index (χ2n) is 4.18. The number of nitrogens with zero attached hydrogens (tertiary/aromatic N) is 2. The van der Waals surface area contributed by atoms with Gasteiger partial charge in [0.05, 0.1) is 6.42 Å². The molecule has 0 aliphatic rings. The van der Waals surface area contributed by atoms with Crippen LogP contribution < -0.4 is 0 Å². The average Bonchev–Trinajstić information content (AvgIpc) is 2.16. The molecule has 0 fully saturated rings. The van der Waals surface area contributed by atoms with Crippen molar-refractivity contribution < 1.29 is 9.90 Å². The molecule has 1 aromatic heterocycles. The fourth-order valence-corrected chi connectivity index (χ4v) is 1.38. The average molecular weight is 208 g/mol. The summed E-state index contributed by atoms with van der Waals surface area (Å²) < 4.78 is 0. The van der Waals surface area contributed by atoms with E-state index in [4.69, 9.17) is 5.11 Å². The Morgan fingerprint density at radius 3 is 2.73 bits per heavy atom. The highest BCUT2D eigenvalue weighted by molar-refractivity contribution is 5.68. The minimum Gasteiger partial charge on any atom is -0.481 e. The summed E-state index contributed by atoms with van der Waals surface area (Å²) in [6, 6.07) is 1.85. The predicted molar refractivity (Wildman–Crippen MR) is 56.7 cm³/mol. The van der Waals surface area contributed by atoms with E-state index in [2.05, 4.69) is 9.97 Å². The fraction of sp³-hybridized carbons (Fsp3) is 0.545. The number of rotatable bonds is 4. The van der Waals surface area contributed by atoms with E-state index in [-0.39, 0.29) is 6.42 Å². The Balaban J connectivity index is 2.98. The van der Waals surface area contributed by atoms with Crippen LogP contribution >= 0.6 is 0 Å². The predicted octanol–water partition coefficient (Wildman–Crippen LogP) is 1.79. The van der Waals surface area contributed by atoms with Gasteiger partial charge in [0.2, 0.25) is 0 Å². The molecule has 1 rings (SSSR count). The standard InChI is InChI=1S/C11H16N2O2/c1-4-8-5-6-12-10(13-8)11(2,3)7-9(14)15/h5-6H,4,7H2,1-3H3,(H,14,15). The van der Waals surface area contributed by atoms with E-state index in [1.165, 1.54) is 0 Å². The van der Waals surface area contributed by atoms with Crippen molar-refractivity contribution in [2.45, 2.75) is 39.0 Å². The van der Waals surface area contributed by atoms with Crippen molar-refractivity contribution in [2.24, 2.45) is 0 Å². The van der Waals surface area contributed by atoms with Gasteiger partial charge in [-0.3, -0.25) is 4.79 Å². The molecule has 82 valence electrons. The Bertz CT molecular complexity index is 361. The lowest BCUT2D eigenvalue weighted by Gasteiger charge is -2.20. The Kier molecular flexibility index (Phi) is 3.39. The Morgan fingerprint density at radius 2 is 2.20 bits per heavy atom. The maximum absolute atomic E-state index is 10.7. The number of aliphatic carboxylic acids is 1. The highest BCUT2D eigenvalue weighted by Crippen LogP contribution is 2.23. The molecule has 0 aliphatic carbocycles. The second kappa shape index (κ2) is 4.38. The molecule has 15 heavy (non-hydrogen) atoms. The summed E-state index contributed by atoms with van der Waals surface area (Å²) >= 11 is 0. The number of hydrogen-bond acceptors (Lipinski definition) is 3. The van der Waals surface area contributed by atoms with Gasteiger partial charge in [0.25, 0.3) is 0 Å². The van der Waals surface area contributed by atoms with Crippen molar-refractivity contribution in [1.82, 2.24) is 9.97 Å². The summed E-state index contributed by atoms with van der Waals surface area (Å²) in [6.07, 6.45) is 2.56. The van der Waals surface area contributed by atoms with Gasteiger partial charge < -0.3 is 5.11 Å². The van der Waals surface area contributed by atoms with Gasteiger partial charge in [0, 0.05) is 17.3 Å². The van der Waals surface area contributed by atoms with E-state index in [0.717, 1.165) is 12.1 Å². The largest absolute Gasteiger partial charge is 0.481 e. The number of hydrogen-bond donors (Lipinski definition) is 1. The molecule has 0 saturated carbocycles. The highest BCUT2D eigenvalue weighted by Gasteiger charge is 2.27. The van der Waals surface area contributed by atoms with Gasteiger partial charge >= 0.3 is 5.97 Å². The summed E-state index contributed by atoms with van der Waals surface area (Å²) in [7, 11) is 0. The third-order valence-electron chi connectivity index (χ3n) is 2.27. The highest BCUT2D eigenvalue weighted by atomic mass is 16.4. The van der Waals surface area contributed by atoms with E-state index in [1.807, 2.05) is 26.8 Å². The maximum atomic E-state index is 10.7. The van der Waals surface area contributed by atoms with Gasteiger partial charge in [0.1, 0.15) is 5.82 Å². The van der Waals surface area contributed by atoms with Crippen molar-refractivity contribution in [3.05, 3.63) is 23.8 Å². The second-order valence-corrected chi connectivity index (χ2v) is 4.18. The Hall–Kier alpha value is -1.45. The van der Waals surface area contributed by atoms with Crippen LogP contribution in [0.5, 0.6) is 0 Å². The van der Waals surface area contributed by atoms with Crippen LogP contribution in [0.2, 0.25) is 0 Å². The summed E-state index contributed by atoms with van der Waals surface area (Å²) in [5, 5.41) is 8.78. The van der Waals surface area contributed by atoms with Crippen LogP contribution in [-0.2, 0) is 16.6 Å². The van der Waals surface area contributed by atoms with E-state index in [1.54, 1.807) is 6.20 Å². The molecule has 4 nitrogen and oxygen atoms in total. The first-order chi connectivity index (χ1) is 6.95. The van der Waals surface area contributed by atoms with Crippen molar-refractivity contribution in [1.29, 1.82) is 0 Å². The molecule has 0 aromatic carbocycles. The molecule has 0 radical (unpaired) electrons. The van der Waals surface area contributed by atoms with E-state index < -0.39 is 11.4 Å². The summed E-state index contributed by atoms with van der Waals surface area (Å²) in [5.41, 5.74) is 0.426. The Labute approximate surface area is 89.4 Å². The third-order valence-corrected chi connectivity index (χ3v) is 2.27. The molecule has 0 unspecified atom stereocenters. The molecule has 0 saturated heterocycles. The first kappa shape index (κ1) is 11.6. The van der Waals surface area contributed by atoms with Crippen LogP contribution in [0, 0.1) is 0 Å². The quantitative estimate of drug-likeness (QED) is 0.819. The normalized spacial score (nSPS) is 11.4. The molecule has 0 amide bonds. The van der Waals surface area contributed by atoms with Gasteiger partial charge in [-0.1, -0.05) is 20.8 Å². The molecule has 1 N–H and O–H groups in total. The maximum Gasteiger partial charge on any atom is 0.304 e. The van der Waals surface area contributed by atoms with Crippen LogP contribution in [-0.4, -0.2) is 21.0 Å². The zero-order chi connectivity index (χ0) is 11.5. The SMILES string of the molecule is CCc1ccnc(C(C)(C)CC(=O)O)n1. The molecule has 0 bridgehead atoms. The van der Waals surface area contributed by atoms with Crippen LogP contribution in [0.4, 0.5) is 0 Å². The summed E-state index contributed by atoms with van der Waals surface area (Å²) in [6.45, 7) is 5.70. The number of carboxylic acid groups (broad SMARTS) is 1. The monoisotopic (exact) mass is 208 g/mol. The molecular formula is C11H16N2O2. The minimum absolute atomic E-state index is 0.0418. The van der Waals surface area contributed by atoms with E-state index >= 15 is 0 Å². The van der Waals surface area contributed by atoms with E-state index in [9.17, 15) is 4.79 Å². The molecule has 0 atom stereocenters. The molecule has 1 aromatic rings. The van der Waals surface area contributed by atoms with Crippen LogP contribution in [0.3, 0.4) is 0 Å². The molecular weight excluding hydrogens is 192 g/mol. The Morgan fingerprint density at radius 1 is 1.53 bits per heavy atom. The van der Waals surface area contributed by atoms with Crippen LogP contribution in [0.1, 0.15) is 38.7 Å². The number of carboxylic acids is 1. The van der Waals surface area contributed by atoms with Crippen molar-refractivity contribution in [2.75, 3.05) is 0 Å². The molecule has 0 aliphatic heterocycles. The molecule has 4 heteroatoms. The molecule has 0 spiro atoms. The molecule has 1 heterocycles. The first-order valence-electron chi connectivity index (χ1n) is 5.00. The first-order valence-corrected chi connectivity index (χ1v) is 5.00. The van der Waals surface area contributed by atoms with Crippen LogP contribution in [0.15, 0.2) is 12.3 Å². The lowest BCUT2D eigenvalue weighted by molar-refractivity contribution is -0.138. The van der Waals surface area contributed by atoms with Crippen molar-refractivity contribution >= 4 is 5.97 Å².